The summed E-state index contributed by atoms with van der Waals surface area (Å²) >= 11 is 0. The number of fused-ring (bicyclic) bond motifs is 1. The second-order valence-electron chi connectivity index (χ2n) is 12.6. The average molecular weight is 513 g/mol. The van der Waals surface area contributed by atoms with Gasteiger partial charge in [0.15, 0.2) is 0 Å². The predicted octanol–water partition coefficient (Wildman–Crippen LogP) is 10.7. The predicted molar refractivity (Wildman–Crippen MR) is 167 cm³/mol. The zero-order chi connectivity index (χ0) is 27.0. The van der Waals surface area contributed by atoms with Crippen LogP contribution in [0.4, 0.5) is 0 Å². The van der Waals surface area contributed by atoms with Gasteiger partial charge in [-0.3, -0.25) is 0 Å². The Hall–Kier alpha value is -3.12. The SMILES string of the molecule is C/C=C(\CCC/C=C(\c1ccc(C)cc1)[C@H]1C=CC=CC1C)C12CC1(C1=CC=C(C)CC1)[C@H]2c1ccccc1. The molecule has 0 bridgehead atoms. The molecule has 3 unspecified atom stereocenters. The van der Waals surface area contributed by atoms with Gasteiger partial charge < -0.3 is 0 Å². The van der Waals surface area contributed by atoms with Crippen LogP contribution in [0.3, 0.4) is 0 Å². The first-order valence-electron chi connectivity index (χ1n) is 15.2. The van der Waals surface area contributed by atoms with Gasteiger partial charge in [-0.25, -0.2) is 0 Å². The van der Waals surface area contributed by atoms with Gasteiger partial charge in [-0.2, -0.15) is 0 Å². The molecule has 0 aromatic heterocycles. The molecule has 6 rings (SSSR count). The Morgan fingerprint density at radius 3 is 2.38 bits per heavy atom. The topological polar surface area (TPSA) is 0 Å². The third kappa shape index (κ3) is 4.47. The van der Waals surface area contributed by atoms with Crippen molar-refractivity contribution in [1.29, 1.82) is 0 Å². The Balaban J connectivity index is 1.21. The van der Waals surface area contributed by atoms with E-state index >= 15 is 0 Å². The maximum absolute atomic E-state index is 2.55. The highest BCUT2D eigenvalue weighted by Crippen LogP contribution is 2.99. The molecule has 4 aliphatic rings. The minimum Gasteiger partial charge on any atom is -0.0878 e. The van der Waals surface area contributed by atoms with Crippen molar-refractivity contribution in [2.24, 2.45) is 22.7 Å². The fraction of sp³-hybridized carbons (Fsp3) is 0.385. The lowest BCUT2D eigenvalue weighted by molar-refractivity contribution is 0.586. The molecule has 200 valence electrons. The summed E-state index contributed by atoms with van der Waals surface area (Å²) in [6.45, 7) is 9.10. The van der Waals surface area contributed by atoms with Crippen LogP contribution in [0.5, 0.6) is 0 Å². The summed E-state index contributed by atoms with van der Waals surface area (Å²) in [7, 11) is 0. The number of allylic oxidation sites excluding steroid dienone is 12. The van der Waals surface area contributed by atoms with Crippen LogP contribution in [-0.4, -0.2) is 0 Å². The standard InChI is InChI=1S/C39H44/c1-5-33(16-10-12-18-36(31-23-19-28(2)20-24-31)35-17-11-9-13-30(35)4)38-27-39(38,34-25-21-29(3)22-26-34)37(38)32-14-7-6-8-15-32/h5-9,11,13-15,17-21,23-25,30,35,37H,10,12,16,22,26-27H2,1-4H3/b33-5+,36-18+/t30?,35-,37-,38?,39?/m0/s1. The van der Waals surface area contributed by atoms with E-state index in [4.69, 9.17) is 0 Å². The smallest absolute Gasteiger partial charge is 0.0101 e. The largest absolute Gasteiger partial charge is 0.0878 e. The molecule has 0 N–H and O–H groups in total. The third-order valence-corrected chi connectivity index (χ3v) is 10.3. The van der Waals surface area contributed by atoms with Crippen LogP contribution in [0.15, 0.2) is 120 Å². The number of hydrogen-bond acceptors (Lipinski definition) is 0. The van der Waals surface area contributed by atoms with Crippen LogP contribution in [0.25, 0.3) is 5.57 Å². The molecule has 4 aliphatic carbocycles. The molecular formula is C39H44. The van der Waals surface area contributed by atoms with Gasteiger partial charge in [-0.1, -0.05) is 132 Å². The third-order valence-electron chi connectivity index (χ3n) is 10.3. The molecule has 0 heterocycles. The van der Waals surface area contributed by atoms with Gasteiger partial charge in [0.1, 0.15) is 0 Å². The van der Waals surface area contributed by atoms with E-state index in [2.05, 4.69) is 131 Å². The van der Waals surface area contributed by atoms with Gasteiger partial charge in [0.25, 0.3) is 0 Å². The van der Waals surface area contributed by atoms with E-state index in [0.29, 0.717) is 28.6 Å². The van der Waals surface area contributed by atoms with Crippen LogP contribution < -0.4 is 0 Å². The Kier molecular flexibility index (Phi) is 7.00. The van der Waals surface area contributed by atoms with Crippen molar-refractivity contribution >= 4 is 5.57 Å². The highest BCUT2D eigenvalue weighted by atomic mass is 14.9. The minimum atomic E-state index is 0.364. The van der Waals surface area contributed by atoms with Crippen molar-refractivity contribution in [3.05, 3.63) is 137 Å². The number of hydrogen-bond donors (Lipinski definition) is 0. The molecule has 2 fully saturated rings. The van der Waals surface area contributed by atoms with E-state index in [0.717, 1.165) is 6.42 Å². The molecule has 0 amide bonds. The number of aryl methyl sites for hydroxylation is 1. The molecule has 0 radical (unpaired) electrons. The van der Waals surface area contributed by atoms with Gasteiger partial charge in [-0.15, -0.1) is 0 Å². The Labute approximate surface area is 236 Å². The van der Waals surface area contributed by atoms with Crippen molar-refractivity contribution < 1.29 is 0 Å². The highest BCUT2D eigenvalue weighted by Gasteiger charge is 2.91. The van der Waals surface area contributed by atoms with E-state index in [1.807, 2.05) is 0 Å². The number of rotatable bonds is 9. The second-order valence-corrected chi connectivity index (χ2v) is 12.6. The molecule has 0 aliphatic heterocycles. The Morgan fingerprint density at radius 2 is 1.69 bits per heavy atom. The van der Waals surface area contributed by atoms with Crippen LogP contribution in [0.2, 0.25) is 0 Å². The molecular weight excluding hydrogens is 468 g/mol. The summed E-state index contributed by atoms with van der Waals surface area (Å²) in [4.78, 5) is 0. The van der Waals surface area contributed by atoms with Crippen molar-refractivity contribution in [1.82, 2.24) is 0 Å². The lowest BCUT2D eigenvalue weighted by atomic mass is 9.80. The molecule has 5 atom stereocenters. The fourth-order valence-electron chi connectivity index (χ4n) is 8.04. The van der Waals surface area contributed by atoms with Crippen molar-refractivity contribution in [2.75, 3.05) is 0 Å². The maximum Gasteiger partial charge on any atom is 0.0101 e. The summed E-state index contributed by atoms with van der Waals surface area (Å²) in [5.74, 6) is 1.64. The molecule has 0 spiro atoms. The summed E-state index contributed by atoms with van der Waals surface area (Å²) < 4.78 is 0. The molecule has 0 nitrogen and oxygen atoms in total. The number of benzene rings is 2. The van der Waals surface area contributed by atoms with E-state index in [1.54, 1.807) is 16.7 Å². The van der Waals surface area contributed by atoms with Crippen molar-refractivity contribution in [2.45, 2.75) is 72.1 Å². The Morgan fingerprint density at radius 1 is 0.923 bits per heavy atom. The van der Waals surface area contributed by atoms with Gasteiger partial charge >= 0.3 is 0 Å². The first-order valence-corrected chi connectivity index (χ1v) is 15.2. The molecule has 0 saturated heterocycles. The fourth-order valence-corrected chi connectivity index (χ4v) is 8.04. The lowest BCUT2D eigenvalue weighted by Gasteiger charge is -2.24. The highest BCUT2D eigenvalue weighted by molar-refractivity contribution is 5.70. The van der Waals surface area contributed by atoms with E-state index in [-0.39, 0.29) is 0 Å². The molecule has 2 saturated carbocycles. The van der Waals surface area contributed by atoms with Crippen LogP contribution >= 0.6 is 0 Å². The second kappa shape index (κ2) is 10.5. The van der Waals surface area contributed by atoms with E-state index < -0.39 is 0 Å². The van der Waals surface area contributed by atoms with Crippen LogP contribution in [-0.2, 0) is 0 Å². The van der Waals surface area contributed by atoms with E-state index in [9.17, 15) is 0 Å². The van der Waals surface area contributed by atoms with Gasteiger partial charge in [0.2, 0.25) is 0 Å². The van der Waals surface area contributed by atoms with Gasteiger partial charge in [0, 0.05) is 22.7 Å². The summed E-state index contributed by atoms with van der Waals surface area (Å²) in [5, 5.41) is 0. The quantitative estimate of drug-likeness (QED) is 0.231. The molecule has 2 aromatic carbocycles. The molecule has 39 heavy (non-hydrogen) atoms. The Bertz CT molecular complexity index is 1390. The summed E-state index contributed by atoms with van der Waals surface area (Å²) in [5.41, 5.74) is 11.4. The maximum atomic E-state index is 2.55. The summed E-state index contributed by atoms with van der Waals surface area (Å²) in [6.07, 6.45) is 26.5. The van der Waals surface area contributed by atoms with Crippen LogP contribution in [0, 0.1) is 29.6 Å². The monoisotopic (exact) mass is 512 g/mol. The number of unbranched alkanes of at least 4 members (excludes halogenated alkanes) is 1. The zero-order valence-electron chi connectivity index (χ0n) is 24.3. The van der Waals surface area contributed by atoms with Gasteiger partial charge in [0.05, 0.1) is 0 Å². The zero-order valence-corrected chi connectivity index (χ0v) is 24.3. The van der Waals surface area contributed by atoms with Gasteiger partial charge in [-0.05, 0) is 81.9 Å². The molecule has 2 aromatic rings. The van der Waals surface area contributed by atoms with Crippen molar-refractivity contribution in [3.63, 3.8) is 0 Å². The summed E-state index contributed by atoms with van der Waals surface area (Å²) in [6, 6.07) is 20.5. The van der Waals surface area contributed by atoms with Crippen molar-refractivity contribution in [3.8, 4) is 0 Å². The first kappa shape index (κ1) is 26.1. The van der Waals surface area contributed by atoms with Crippen LogP contribution in [0.1, 0.15) is 81.9 Å². The normalized spacial score (nSPS) is 31.4. The first-order chi connectivity index (χ1) is 19.0. The minimum absolute atomic E-state index is 0.364. The van der Waals surface area contributed by atoms with E-state index in [1.165, 1.54) is 54.4 Å². The average Bonchev–Trinajstić information content (AvgIpc) is 3.80. The molecule has 0 heteroatoms. The lowest BCUT2D eigenvalue weighted by Crippen LogP contribution is -2.11.